The standard InChI is InChI=1S/C16H22N2O5/c1-3-23-15(20)7-5-4-6-13(14(19)10-22-2)16(21)12-8-17-11-18-9-12/h8-9,11,13H,3-7,10H2,1-2H3. The first-order valence-corrected chi connectivity index (χ1v) is 7.56. The molecule has 23 heavy (non-hydrogen) atoms. The fourth-order valence-electron chi connectivity index (χ4n) is 2.16. The summed E-state index contributed by atoms with van der Waals surface area (Å²) in [5, 5.41) is 0. The number of nitrogens with zero attached hydrogens (tertiary/aromatic N) is 2. The minimum atomic E-state index is -0.803. The van der Waals surface area contributed by atoms with Crippen molar-refractivity contribution in [3.63, 3.8) is 0 Å². The van der Waals surface area contributed by atoms with E-state index in [1.54, 1.807) is 6.92 Å². The first-order chi connectivity index (χ1) is 11.1. The Kier molecular flexibility index (Phi) is 8.67. The highest BCUT2D eigenvalue weighted by molar-refractivity contribution is 6.10. The van der Waals surface area contributed by atoms with E-state index in [9.17, 15) is 14.4 Å². The van der Waals surface area contributed by atoms with Gasteiger partial charge in [0.15, 0.2) is 11.6 Å². The summed E-state index contributed by atoms with van der Waals surface area (Å²) in [5.74, 6) is -1.67. The number of carbonyl (C=O) groups excluding carboxylic acids is 3. The zero-order valence-corrected chi connectivity index (χ0v) is 13.5. The van der Waals surface area contributed by atoms with Gasteiger partial charge in [0, 0.05) is 25.9 Å². The largest absolute Gasteiger partial charge is 0.466 e. The van der Waals surface area contributed by atoms with Crippen molar-refractivity contribution in [2.24, 2.45) is 5.92 Å². The lowest BCUT2D eigenvalue weighted by molar-refractivity contribution is -0.143. The Morgan fingerprint density at radius 1 is 1.17 bits per heavy atom. The first kappa shape index (κ1) is 18.9. The summed E-state index contributed by atoms with van der Waals surface area (Å²) in [5.41, 5.74) is 0.298. The van der Waals surface area contributed by atoms with E-state index in [4.69, 9.17) is 9.47 Å². The van der Waals surface area contributed by atoms with Crippen LogP contribution in [-0.2, 0) is 19.1 Å². The van der Waals surface area contributed by atoms with Crippen LogP contribution in [0.1, 0.15) is 43.0 Å². The van der Waals surface area contributed by atoms with E-state index in [-0.39, 0.29) is 30.6 Å². The Labute approximate surface area is 135 Å². The SMILES string of the molecule is CCOC(=O)CCCCC(C(=O)COC)C(=O)c1cncnc1. The molecule has 0 fully saturated rings. The number of unbranched alkanes of at least 4 members (excludes halogenated alkanes) is 1. The van der Waals surface area contributed by atoms with E-state index >= 15 is 0 Å². The lowest BCUT2D eigenvalue weighted by Crippen LogP contribution is -2.27. The molecular formula is C16H22N2O5. The van der Waals surface area contributed by atoms with Gasteiger partial charge < -0.3 is 9.47 Å². The maximum atomic E-state index is 12.4. The van der Waals surface area contributed by atoms with Gasteiger partial charge in [-0.3, -0.25) is 14.4 Å². The van der Waals surface area contributed by atoms with Gasteiger partial charge in [0.1, 0.15) is 12.9 Å². The van der Waals surface area contributed by atoms with Crippen molar-refractivity contribution in [2.75, 3.05) is 20.3 Å². The van der Waals surface area contributed by atoms with Crippen LogP contribution in [0.3, 0.4) is 0 Å². The van der Waals surface area contributed by atoms with E-state index in [0.29, 0.717) is 31.4 Å². The summed E-state index contributed by atoms with van der Waals surface area (Å²) in [7, 11) is 1.41. The fraction of sp³-hybridized carbons (Fsp3) is 0.562. The van der Waals surface area contributed by atoms with E-state index in [1.807, 2.05) is 0 Å². The van der Waals surface area contributed by atoms with Crippen molar-refractivity contribution in [3.05, 3.63) is 24.3 Å². The normalized spacial score (nSPS) is 11.7. The molecule has 1 rings (SSSR count). The lowest BCUT2D eigenvalue weighted by atomic mass is 9.90. The Morgan fingerprint density at radius 2 is 1.87 bits per heavy atom. The van der Waals surface area contributed by atoms with Crippen LogP contribution >= 0.6 is 0 Å². The average Bonchev–Trinajstić information content (AvgIpc) is 2.55. The van der Waals surface area contributed by atoms with Crippen LogP contribution in [-0.4, -0.2) is 47.8 Å². The predicted molar refractivity (Wildman–Crippen MR) is 81.8 cm³/mol. The van der Waals surface area contributed by atoms with Gasteiger partial charge in [0.05, 0.1) is 18.1 Å². The number of ketones is 2. The number of methoxy groups -OCH3 is 1. The molecule has 0 aromatic carbocycles. The Bertz CT molecular complexity index is 518. The van der Waals surface area contributed by atoms with Crippen molar-refractivity contribution in [3.8, 4) is 0 Å². The summed E-state index contributed by atoms with van der Waals surface area (Å²) >= 11 is 0. The number of hydrogen-bond donors (Lipinski definition) is 0. The fourth-order valence-corrected chi connectivity index (χ4v) is 2.16. The molecule has 0 aliphatic carbocycles. The molecule has 0 saturated carbocycles. The van der Waals surface area contributed by atoms with Gasteiger partial charge in [-0.05, 0) is 19.8 Å². The summed E-state index contributed by atoms with van der Waals surface area (Å²) < 4.78 is 9.68. The maximum Gasteiger partial charge on any atom is 0.305 e. The molecule has 0 aliphatic heterocycles. The molecule has 7 heteroatoms. The molecular weight excluding hydrogens is 300 g/mol. The minimum absolute atomic E-state index is 0.123. The number of esters is 1. The number of ether oxygens (including phenoxy) is 2. The van der Waals surface area contributed by atoms with Crippen molar-refractivity contribution in [2.45, 2.75) is 32.6 Å². The van der Waals surface area contributed by atoms with Crippen LogP contribution in [0.15, 0.2) is 18.7 Å². The van der Waals surface area contributed by atoms with Gasteiger partial charge in [-0.25, -0.2) is 9.97 Å². The monoisotopic (exact) mass is 322 g/mol. The van der Waals surface area contributed by atoms with E-state index in [2.05, 4.69) is 9.97 Å². The quantitative estimate of drug-likeness (QED) is 0.264. The molecule has 7 nitrogen and oxygen atoms in total. The summed E-state index contributed by atoms with van der Waals surface area (Å²) in [4.78, 5) is 43.4. The van der Waals surface area contributed by atoms with Gasteiger partial charge in [0.2, 0.25) is 0 Å². The zero-order valence-electron chi connectivity index (χ0n) is 13.5. The van der Waals surface area contributed by atoms with Crippen LogP contribution in [0, 0.1) is 5.92 Å². The Morgan fingerprint density at radius 3 is 2.48 bits per heavy atom. The molecule has 0 saturated heterocycles. The Hall–Kier alpha value is -2.15. The second-order valence-corrected chi connectivity index (χ2v) is 4.99. The third kappa shape index (κ3) is 6.65. The van der Waals surface area contributed by atoms with Crippen LogP contribution < -0.4 is 0 Å². The average molecular weight is 322 g/mol. The molecule has 1 aromatic rings. The van der Waals surface area contributed by atoms with Crippen LogP contribution in [0.5, 0.6) is 0 Å². The van der Waals surface area contributed by atoms with Crippen LogP contribution in [0.4, 0.5) is 0 Å². The van der Waals surface area contributed by atoms with Gasteiger partial charge in [-0.1, -0.05) is 6.42 Å². The summed E-state index contributed by atoms with van der Waals surface area (Å²) in [6.07, 6.45) is 5.87. The van der Waals surface area contributed by atoms with Crippen molar-refractivity contribution >= 4 is 17.5 Å². The van der Waals surface area contributed by atoms with Crippen molar-refractivity contribution < 1.29 is 23.9 Å². The molecule has 0 amide bonds. The molecule has 0 N–H and O–H groups in total. The molecule has 0 radical (unpaired) electrons. The van der Waals surface area contributed by atoms with Gasteiger partial charge in [-0.2, -0.15) is 0 Å². The number of rotatable bonds is 11. The third-order valence-electron chi connectivity index (χ3n) is 3.27. The molecule has 0 bridgehead atoms. The molecule has 126 valence electrons. The van der Waals surface area contributed by atoms with Crippen molar-refractivity contribution in [1.82, 2.24) is 9.97 Å². The molecule has 1 atom stereocenters. The minimum Gasteiger partial charge on any atom is -0.466 e. The second kappa shape index (κ2) is 10.6. The highest BCUT2D eigenvalue weighted by Gasteiger charge is 2.27. The highest BCUT2D eigenvalue weighted by Crippen LogP contribution is 2.17. The number of aromatic nitrogens is 2. The van der Waals surface area contributed by atoms with Gasteiger partial charge >= 0.3 is 5.97 Å². The van der Waals surface area contributed by atoms with E-state index < -0.39 is 5.92 Å². The third-order valence-corrected chi connectivity index (χ3v) is 3.27. The van der Waals surface area contributed by atoms with Gasteiger partial charge in [0.25, 0.3) is 0 Å². The summed E-state index contributed by atoms with van der Waals surface area (Å²) in [6.45, 7) is 1.97. The molecule has 1 heterocycles. The summed E-state index contributed by atoms with van der Waals surface area (Å²) in [6, 6.07) is 0. The first-order valence-electron chi connectivity index (χ1n) is 7.56. The van der Waals surface area contributed by atoms with Crippen LogP contribution in [0.2, 0.25) is 0 Å². The number of hydrogen-bond acceptors (Lipinski definition) is 7. The highest BCUT2D eigenvalue weighted by atomic mass is 16.5. The van der Waals surface area contributed by atoms with E-state index in [0.717, 1.165) is 0 Å². The van der Waals surface area contributed by atoms with Crippen LogP contribution in [0.25, 0.3) is 0 Å². The molecule has 1 unspecified atom stereocenters. The molecule has 0 spiro atoms. The number of carbonyl (C=O) groups is 3. The van der Waals surface area contributed by atoms with E-state index in [1.165, 1.54) is 25.8 Å². The smallest absolute Gasteiger partial charge is 0.305 e. The van der Waals surface area contributed by atoms with Crippen molar-refractivity contribution in [1.29, 1.82) is 0 Å². The zero-order chi connectivity index (χ0) is 17.1. The molecule has 0 aliphatic rings. The lowest BCUT2D eigenvalue weighted by Gasteiger charge is -2.14. The second-order valence-electron chi connectivity index (χ2n) is 4.99. The maximum absolute atomic E-state index is 12.4. The topological polar surface area (TPSA) is 95.5 Å². The molecule has 1 aromatic heterocycles. The van der Waals surface area contributed by atoms with Gasteiger partial charge in [-0.15, -0.1) is 0 Å². The predicted octanol–water partition coefficient (Wildman–Crippen LogP) is 1.61. The number of Topliss-reactive ketones (excluding diaryl/α,β-unsaturated/α-hetero) is 2. The Balaban J connectivity index is 2.61.